The first-order valence-corrected chi connectivity index (χ1v) is 7.30. The van der Waals surface area contributed by atoms with Crippen molar-refractivity contribution in [3.63, 3.8) is 0 Å². The first-order chi connectivity index (χ1) is 7.58. The Labute approximate surface area is 114 Å². The van der Waals surface area contributed by atoms with Gasteiger partial charge in [0.15, 0.2) is 0 Å². The minimum atomic E-state index is -0.337. The van der Waals surface area contributed by atoms with E-state index >= 15 is 0 Å². The van der Waals surface area contributed by atoms with Crippen LogP contribution in [0.2, 0.25) is 0 Å². The van der Waals surface area contributed by atoms with E-state index < -0.39 is 0 Å². The molecule has 0 spiro atoms. The number of aliphatic hydroxyl groups is 1. The van der Waals surface area contributed by atoms with E-state index in [-0.39, 0.29) is 6.10 Å². The lowest BCUT2D eigenvalue weighted by molar-refractivity contribution is 0.118. The standard InChI is InChI=1S/C13H16Br2O/c1-8-5-12(15)10(7-11(8)14)13(16)6-9-3-2-4-9/h5,7,9,13,16H,2-4,6H2,1H3. The van der Waals surface area contributed by atoms with Crippen molar-refractivity contribution in [2.24, 2.45) is 5.92 Å². The van der Waals surface area contributed by atoms with Crippen molar-refractivity contribution in [3.05, 3.63) is 32.2 Å². The third kappa shape index (κ3) is 2.69. The lowest BCUT2D eigenvalue weighted by atomic mass is 9.80. The Morgan fingerprint density at radius 2 is 2.00 bits per heavy atom. The summed E-state index contributed by atoms with van der Waals surface area (Å²) < 4.78 is 2.08. The molecule has 88 valence electrons. The topological polar surface area (TPSA) is 20.2 Å². The van der Waals surface area contributed by atoms with Crippen molar-refractivity contribution in [3.8, 4) is 0 Å². The highest BCUT2D eigenvalue weighted by Crippen LogP contribution is 2.37. The second kappa shape index (κ2) is 5.19. The van der Waals surface area contributed by atoms with Gasteiger partial charge in [-0.2, -0.15) is 0 Å². The molecule has 1 nitrogen and oxygen atoms in total. The number of rotatable bonds is 3. The van der Waals surface area contributed by atoms with Crippen LogP contribution in [0.5, 0.6) is 0 Å². The van der Waals surface area contributed by atoms with Crippen LogP contribution in [-0.4, -0.2) is 5.11 Å². The van der Waals surface area contributed by atoms with Crippen molar-refractivity contribution in [1.29, 1.82) is 0 Å². The molecule has 3 heteroatoms. The van der Waals surface area contributed by atoms with Crippen molar-refractivity contribution in [2.75, 3.05) is 0 Å². The molecule has 1 aromatic carbocycles. The molecular weight excluding hydrogens is 332 g/mol. The van der Waals surface area contributed by atoms with Gasteiger partial charge in [0.05, 0.1) is 6.10 Å². The summed E-state index contributed by atoms with van der Waals surface area (Å²) >= 11 is 7.04. The van der Waals surface area contributed by atoms with Gasteiger partial charge in [0.2, 0.25) is 0 Å². The minimum Gasteiger partial charge on any atom is -0.388 e. The molecule has 0 amide bonds. The summed E-state index contributed by atoms with van der Waals surface area (Å²) in [6.07, 6.45) is 4.45. The lowest BCUT2D eigenvalue weighted by Crippen LogP contribution is -2.15. The fourth-order valence-electron chi connectivity index (χ4n) is 2.09. The highest BCUT2D eigenvalue weighted by Gasteiger charge is 2.23. The SMILES string of the molecule is Cc1cc(Br)c(C(O)CC2CCC2)cc1Br. The normalized spacial score (nSPS) is 18.2. The van der Waals surface area contributed by atoms with E-state index in [1.807, 2.05) is 6.07 Å². The number of benzene rings is 1. The zero-order chi connectivity index (χ0) is 11.7. The molecule has 0 radical (unpaired) electrons. The molecule has 0 aromatic heterocycles. The smallest absolute Gasteiger partial charge is 0.0804 e. The third-order valence-electron chi connectivity index (χ3n) is 3.42. The molecule has 1 saturated carbocycles. The number of hydrogen-bond acceptors (Lipinski definition) is 1. The maximum absolute atomic E-state index is 10.2. The molecule has 1 aromatic rings. The predicted molar refractivity (Wildman–Crippen MR) is 73.5 cm³/mol. The van der Waals surface area contributed by atoms with E-state index in [1.165, 1.54) is 24.8 Å². The molecule has 0 heterocycles. The zero-order valence-corrected chi connectivity index (χ0v) is 12.5. The molecule has 2 rings (SSSR count). The van der Waals surface area contributed by atoms with Crippen LogP contribution in [-0.2, 0) is 0 Å². The van der Waals surface area contributed by atoms with Crippen molar-refractivity contribution >= 4 is 31.9 Å². The molecular formula is C13H16Br2O. The van der Waals surface area contributed by atoms with E-state index in [0.717, 1.165) is 26.8 Å². The monoisotopic (exact) mass is 346 g/mol. The van der Waals surface area contributed by atoms with Gasteiger partial charge < -0.3 is 5.11 Å². The lowest BCUT2D eigenvalue weighted by Gasteiger charge is -2.28. The van der Waals surface area contributed by atoms with Gasteiger partial charge >= 0.3 is 0 Å². The van der Waals surface area contributed by atoms with Crippen LogP contribution in [0.15, 0.2) is 21.1 Å². The van der Waals surface area contributed by atoms with Crippen molar-refractivity contribution in [1.82, 2.24) is 0 Å². The second-order valence-electron chi connectivity index (χ2n) is 4.67. The van der Waals surface area contributed by atoms with E-state index in [0.29, 0.717) is 0 Å². The Kier molecular flexibility index (Phi) is 4.09. The number of hydrogen-bond donors (Lipinski definition) is 1. The van der Waals surface area contributed by atoms with Gasteiger partial charge in [-0.15, -0.1) is 0 Å². The Hall–Kier alpha value is 0.140. The molecule has 0 saturated heterocycles. The van der Waals surface area contributed by atoms with Crippen LogP contribution in [0.4, 0.5) is 0 Å². The molecule has 16 heavy (non-hydrogen) atoms. The van der Waals surface area contributed by atoms with Gasteiger partial charge in [0, 0.05) is 8.95 Å². The molecule has 1 aliphatic rings. The van der Waals surface area contributed by atoms with Crippen molar-refractivity contribution < 1.29 is 5.11 Å². The van der Waals surface area contributed by atoms with Crippen LogP contribution in [0.25, 0.3) is 0 Å². The van der Waals surface area contributed by atoms with Crippen LogP contribution in [0.3, 0.4) is 0 Å². The van der Waals surface area contributed by atoms with Crippen LogP contribution < -0.4 is 0 Å². The quantitative estimate of drug-likeness (QED) is 0.836. The largest absolute Gasteiger partial charge is 0.388 e. The number of halogens is 2. The summed E-state index contributed by atoms with van der Waals surface area (Å²) in [5, 5.41) is 10.2. The molecule has 0 aliphatic heterocycles. The molecule has 0 bridgehead atoms. The average molecular weight is 348 g/mol. The van der Waals surface area contributed by atoms with Crippen molar-refractivity contribution in [2.45, 2.75) is 38.7 Å². The zero-order valence-electron chi connectivity index (χ0n) is 9.34. The molecule has 1 aliphatic carbocycles. The van der Waals surface area contributed by atoms with Gasteiger partial charge in [0.25, 0.3) is 0 Å². The van der Waals surface area contributed by atoms with Gasteiger partial charge in [-0.3, -0.25) is 0 Å². The summed E-state index contributed by atoms with van der Waals surface area (Å²) in [4.78, 5) is 0. The highest BCUT2D eigenvalue weighted by molar-refractivity contribution is 9.11. The van der Waals surface area contributed by atoms with Crippen LogP contribution in [0, 0.1) is 12.8 Å². The van der Waals surface area contributed by atoms with Crippen LogP contribution >= 0.6 is 31.9 Å². The molecule has 1 N–H and O–H groups in total. The fourth-order valence-corrected chi connectivity index (χ4v) is 3.17. The first kappa shape index (κ1) is 12.6. The number of aliphatic hydroxyl groups excluding tert-OH is 1. The van der Waals surface area contributed by atoms with Gasteiger partial charge in [-0.1, -0.05) is 51.1 Å². The molecule has 1 atom stereocenters. The third-order valence-corrected chi connectivity index (χ3v) is 4.96. The predicted octanol–water partition coefficient (Wildman–Crippen LogP) is 4.74. The van der Waals surface area contributed by atoms with E-state index in [2.05, 4.69) is 44.8 Å². The first-order valence-electron chi connectivity index (χ1n) is 5.71. The van der Waals surface area contributed by atoms with E-state index in [9.17, 15) is 5.11 Å². The van der Waals surface area contributed by atoms with Gasteiger partial charge in [-0.05, 0) is 42.5 Å². The van der Waals surface area contributed by atoms with E-state index in [1.54, 1.807) is 0 Å². The summed E-state index contributed by atoms with van der Waals surface area (Å²) in [6, 6.07) is 4.09. The summed E-state index contributed by atoms with van der Waals surface area (Å²) in [5.74, 6) is 0.724. The highest BCUT2D eigenvalue weighted by atomic mass is 79.9. The Balaban J connectivity index is 2.14. The molecule has 1 unspecified atom stereocenters. The summed E-state index contributed by atoms with van der Waals surface area (Å²) in [6.45, 7) is 2.05. The maximum atomic E-state index is 10.2. The summed E-state index contributed by atoms with van der Waals surface area (Å²) in [5.41, 5.74) is 2.19. The molecule has 1 fully saturated rings. The Morgan fingerprint density at radius 1 is 1.31 bits per heavy atom. The summed E-state index contributed by atoms with van der Waals surface area (Å²) in [7, 11) is 0. The maximum Gasteiger partial charge on any atom is 0.0804 e. The average Bonchev–Trinajstić information content (AvgIpc) is 2.17. The minimum absolute atomic E-state index is 0.337. The second-order valence-corrected chi connectivity index (χ2v) is 6.38. The number of aryl methyl sites for hydroxylation is 1. The van der Waals surface area contributed by atoms with Gasteiger partial charge in [0.1, 0.15) is 0 Å². The van der Waals surface area contributed by atoms with E-state index in [4.69, 9.17) is 0 Å². The fraction of sp³-hybridized carbons (Fsp3) is 0.538. The Bertz CT molecular complexity index is 386. The van der Waals surface area contributed by atoms with Gasteiger partial charge in [-0.25, -0.2) is 0 Å². The Morgan fingerprint density at radius 3 is 2.56 bits per heavy atom. The van der Waals surface area contributed by atoms with Crippen LogP contribution in [0.1, 0.15) is 42.9 Å².